The van der Waals surface area contributed by atoms with Crippen LogP contribution in [0, 0.1) is 0 Å². The van der Waals surface area contributed by atoms with Gasteiger partial charge in [0.15, 0.2) is 0 Å². The summed E-state index contributed by atoms with van der Waals surface area (Å²) < 4.78 is 5.44. The van der Waals surface area contributed by atoms with Gasteiger partial charge in [-0.3, -0.25) is 0 Å². The maximum absolute atomic E-state index is 10.8. The van der Waals surface area contributed by atoms with E-state index in [9.17, 15) is 4.79 Å². The lowest BCUT2D eigenvalue weighted by Crippen LogP contribution is -1.89. The topological polar surface area (TPSA) is 63.3 Å². The van der Waals surface area contributed by atoms with Crippen LogP contribution in [-0.4, -0.2) is 16.1 Å². The lowest BCUT2D eigenvalue weighted by atomic mass is 10.5. The molecule has 0 aliphatic rings. The first-order valence-electron chi connectivity index (χ1n) is 5.65. The maximum Gasteiger partial charge on any atom is 0.345 e. The summed E-state index contributed by atoms with van der Waals surface area (Å²) in [6.45, 7) is 0. The Kier molecular flexibility index (Phi) is 3.90. The second-order valence-corrected chi connectivity index (χ2v) is 6.77. The third-order valence-corrected chi connectivity index (χ3v) is 5.39. The number of thiophene rings is 2. The Morgan fingerprint density at radius 1 is 1.45 bits per heavy atom. The summed E-state index contributed by atoms with van der Waals surface area (Å²) in [5.74, 6) is 0.403. The van der Waals surface area contributed by atoms with E-state index in [0.29, 0.717) is 16.5 Å². The van der Waals surface area contributed by atoms with Gasteiger partial charge in [-0.25, -0.2) is 9.78 Å². The second-order valence-electron chi connectivity index (χ2n) is 3.86. The van der Waals surface area contributed by atoms with Gasteiger partial charge in [-0.05, 0) is 17.5 Å². The van der Waals surface area contributed by atoms with Gasteiger partial charge < -0.3 is 9.52 Å². The highest BCUT2D eigenvalue weighted by molar-refractivity contribution is 7.98. The number of aromatic carboxylic acids is 1. The molecule has 4 nitrogen and oxygen atoms in total. The average Bonchev–Trinajstić information content (AvgIpc) is 3.17. The largest absolute Gasteiger partial charge is 0.477 e. The number of hydrogen-bond donors (Lipinski definition) is 1. The molecule has 0 saturated heterocycles. The zero-order valence-electron chi connectivity index (χ0n) is 10.1. The molecule has 3 heterocycles. The molecule has 3 aromatic heterocycles. The van der Waals surface area contributed by atoms with Crippen molar-refractivity contribution in [1.29, 1.82) is 0 Å². The van der Waals surface area contributed by atoms with E-state index in [2.05, 4.69) is 4.98 Å². The van der Waals surface area contributed by atoms with Crippen molar-refractivity contribution in [2.45, 2.75) is 10.6 Å². The first-order chi connectivity index (χ1) is 9.72. The number of nitrogens with zero attached hydrogens (tertiary/aromatic N) is 1. The summed E-state index contributed by atoms with van der Waals surface area (Å²) in [6, 6.07) is 5.60. The Hall–Kier alpha value is -1.57. The number of rotatable bonds is 5. The summed E-state index contributed by atoms with van der Waals surface area (Å²) in [7, 11) is 0. The van der Waals surface area contributed by atoms with Crippen LogP contribution in [-0.2, 0) is 5.75 Å². The van der Waals surface area contributed by atoms with Crippen molar-refractivity contribution in [3.05, 3.63) is 45.8 Å². The molecule has 3 aromatic rings. The first-order valence-corrected chi connectivity index (χ1v) is 8.40. The molecule has 0 atom stereocenters. The van der Waals surface area contributed by atoms with Crippen molar-refractivity contribution < 1.29 is 14.3 Å². The van der Waals surface area contributed by atoms with Crippen molar-refractivity contribution >= 4 is 40.4 Å². The maximum atomic E-state index is 10.8. The first kappa shape index (κ1) is 13.4. The van der Waals surface area contributed by atoms with Crippen LogP contribution in [0.25, 0.3) is 10.8 Å². The fourth-order valence-corrected chi connectivity index (χ4v) is 3.95. The molecule has 0 aromatic carbocycles. The van der Waals surface area contributed by atoms with Crippen LogP contribution in [0.15, 0.2) is 44.5 Å². The number of carboxylic acid groups (broad SMARTS) is 1. The van der Waals surface area contributed by atoms with Crippen LogP contribution in [0.1, 0.15) is 15.4 Å². The molecule has 0 aliphatic heterocycles. The van der Waals surface area contributed by atoms with Gasteiger partial charge in [-0.1, -0.05) is 6.07 Å². The zero-order valence-corrected chi connectivity index (χ0v) is 12.6. The van der Waals surface area contributed by atoms with Crippen molar-refractivity contribution in [1.82, 2.24) is 4.98 Å². The van der Waals surface area contributed by atoms with E-state index < -0.39 is 5.97 Å². The molecule has 0 saturated carbocycles. The number of aromatic nitrogens is 1. The van der Waals surface area contributed by atoms with Gasteiger partial charge in [-0.2, -0.15) is 0 Å². The van der Waals surface area contributed by atoms with E-state index >= 15 is 0 Å². The molecule has 102 valence electrons. The Morgan fingerprint density at radius 3 is 3.05 bits per heavy atom. The predicted molar refractivity (Wildman–Crippen MR) is 80.7 cm³/mol. The quantitative estimate of drug-likeness (QED) is 0.703. The minimum absolute atomic E-state index is 0.354. The van der Waals surface area contributed by atoms with E-state index in [1.165, 1.54) is 11.3 Å². The molecule has 20 heavy (non-hydrogen) atoms. The minimum atomic E-state index is -0.886. The third-order valence-electron chi connectivity index (χ3n) is 2.46. The molecule has 0 bridgehead atoms. The molecule has 0 radical (unpaired) electrons. The van der Waals surface area contributed by atoms with Gasteiger partial charge in [0, 0.05) is 16.0 Å². The standard InChI is InChI=1S/C13H9NO3S3/c15-13(16)11-4-9(7-20-11)19-6-8-5-17-12(14-8)10-2-1-3-18-10/h1-5,7H,6H2,(H,15,16). The van der Waals surface area contributed by atoms with Gasteiger partial charge in [0.2, 0.25) is 5.89 Å². The summed E-state index contributed by atoms with van der Waals surface area (Å²) in [5.41, 5.74) is 0.849. The summed E-state index contributed by atoms with van der Waals surface area (Å²) in [5, 5.41) is 12.7. The van der Waals surface area contributed by atoms with Gasteiger partial charge in [-0.15, -0.1) is 34.4 Å². The normalized spacial score (nSPS) is 10.8. The monoisotopic (exact) mass is 323 g/mol. The van der Waals surface area contributed by atoms with Gasteiger partial charge >= 0.3 is 5.97 Å². The lowest BCUT2D eigenvalue weighted by Gasteiger charge is -1.93. The number of carbonyl (C=O) groups is 1. The van der Waals surface area contributed by atoms with Gasteiger partial charge in [0.25, 0.3) is 0 Å². The molecule has 0 aliphatic carbocycles. The predicted octanol–water partition coefficient (Wildman–Crippen LogP) is 4.46. The Morgan fingerprint density at radius 2 is 2.35 bits per heavy atom. The fourth-order valence-electron chi connectivity index (χ4n) is 1.55. The molecule has 7 heteroatoms. The summed E-state index contributed by atoms with van der Waals surface area (Å²) in [4.78, 5) is 17.5. The van der Waals surface area contributed by atoms with Crippen LogP contribution in [0.3, 0.4) is 0 Å². The fraction of sp³-hybridized carbons (Fsp3) is 0.0769. The molecule has 0 amide bonds. The van der Waals surface area contributed by atoms with E-state index in [1.54, 1.807) is 35.4 Å². The van der Waals surface area contributed by atoms with Crippen LogP contribution in [0.4, 0.5) is 0 Å². The molecule has 0 spiro atoms. The SMILES string of the molecule is O=C(O)c1cc(SCc2coc(-c3cccs3)n2)cs1. The Bertz CT molecular complexity index is 715. The summed E-state index contributed by atoms with van der Waals surface area (Å²) >= 11 is 4.37. The molecule has 1 N–H and O–H groups in total. The van der Waals surface area contributed by atoms with E-state index in [1.807, 2.05) is 22.9 Å². The van der Waals surface area contributed by atoms with Crippen molar-refractivity contribution in [3.63, 3.8) is 0 Å². The molecule has 0 fully saturated rings. The Balaban J connectivity index is 1.65. The zero-order chi connectivity index (χ0) is 13.9. The van der Waals surface area contributed by atoms with Gasteiger partial charge in [0.1, 0.15) is 11.1 Å². The third kappa shape index (κ3) is 2.95. The molecular formula is C13H9NO3S3. The smallest absolute Gasteiger partial charge is 0.345 e. The number of hydrogen-bond acceptors (Lipinski definition) is 6. The highest BCUT2D eigenvalue weighted by atomic mass is 32.2. The van der Waals surface area contributed by atoms with Crippen LogP contribution < -0.4 is 0 Å². The number of carboxylic acids is 1. The number of oxazole rings is 1. The van der Waals surface area contributed by atoms with Crippen molar-refractivity contribution in [2.75, 3.05) is 0 Å². The van der Waals surface area contributed by atoms with Crippen LogP contribution in [0.2, 0.25) is 0 Å². The van der Waals surface area contributed by atoms with E-state index in [0.717, 1.165) is 15.5 Å². The number of thioether (sulfide) groups is 1. The average molecular weight is 323 g/mol. The highest BCUT2D eigenvalue weighted by Crippen LogP contribution is 2.29. The van der Waals surface area contributed by atoms with Gasteiger partial charge in [0.05, 0.1) is 10.6 Å². The minimum Gasteiger partial charge on any atom is -0.477 e. The molecule has 3 rings (SSSR count). The van der Waals surface area contributed by atoms with Crippen molar-refractivity contribution in [3.8, 4) is 10.8 Å². The van der Waals surface area contributed by atoms with Crippen LogP contribution in [0.5, 0.6) is 0 Å². The van der Waals surface area contributed by atoms with Crippen molar-refractivity contribution in [2.24, 2.45) is 0 Å². The molecular weight excluding hydrogens is 314 g/mol. The van der Waals surface area contributed by atoms with E-state index in [4.69, 9.17) is 9.52 Å². The Labute approximate surface area is 127 Å². The second kappa shape index (κ2) is 5.82. The lowest BCUT2D eigenvalue weighted by molar-refractivity contribution is 0.0702. The summed E-state index contributed by atoms with van der Waals surface area (Å²) in [6.07, 6.45) is 1.65. The molecule has 0 unspecified atom stereocenters. The van der Waals surface area contributed by atoms with Crippen LogP contribution >= 0.6 is 34.4 Å². The van der Waals surface area contributed by atoms with E-state index in [-0.39, 0.29) is 0 Å². The highest BCUT2D eigenvalue weighted by Gasteiger charge is 2.10.